The van der Waals surface area contributed by atoms with Crippen molar-refractivity contribution >= 4 is 35.7 Å². The van der Waals surface area contributed by atoms with Crippen molar-refractivity contribution in [3.05, 3.63) is 29.3 Å². The quantitative estimate of drug-likeness (QED) is 0.705. The molecule has 0 saturated heterocycles. The summed E-state index contributed by atoms with van der Waals surface area (Å²) in [5.74, 6) is 0. The van der Waals surface area contributed by atoms with Crippen molar-refractivity contribution in [2.24, 2.45) is 5.73 Å². The molecule has 6 heteroatoms. The van der Waals surface area contributed by atoms with E-state index in [9.17, 15) is 4.79 Å². The molecule has 1 aromatic rings. The Morgan fingerprint density at radius 1 is 1.17 bits per heavy atom. The molecule has 0 aliphatic carbocycles. The minimum atomic E-state index is -0.194. The van der Waals surface area contributed by atoms with Gasteiger partial charge in [0.1, 0.15) is 0 Å². The molecule has 4 N–H and O–H groups in total. The fraction of sp³-hybridized carbons (Fsp3) is 0.417. The number of carbonyl (C=O) groups excluding carboxylic acids is 1. The summed E-state index contributed by atoms with van der Waals surface area (Å²) in [4.78, 5) is 11.5. The first-order chi connectivity index (χ1) is 8.22. The van der Waals surface area contributed by atoms with Crippen LogP contribution in [0.25, 0.3) is 0 Å². The number of nitrogens with two attached hydrogens (primary N) is 1. The van der Waals surface area contributed by atoms with Gasteiger partial charge in [-0.15, -0.1) is 12.4 Å². The number of hydrogen-bond donors (Lipinski definition) is 3. The van der Waals surface area contributed by atoms with Gasteiger partial charge in [-0.25, -0.2) is 4.79 Å². The zero-order valence-corrected chi connectivity index (χ0v) is 11.7. The predicted molar refractivity (Wildman–Crippen MR) is 78.6 cm³/mol. The molecular formula is C12H19Cl2N3O. The Morgan fingerprint density at radius 3 is 2.44 bits per heavy atom. The lowest BCUT2D eigenvalue weighted by molar-refractivity contribution is 0.252. The zero-order chi connectivity index (χ0) is 12.5. The molecule has 0 atom stereocenters. The van der Waals surface area contributed by atoms with Gasteiger partial charge in [-0.1, -0.05) is 18.0 Å². The maximum absolute atomic E-state index is 11.5. The first-order valence-corrected chi connectivity index (χ1v) is 6.10. The van der Waals surface area contributed by atoms with E-state index < -0.39 is 0 Å². The number of benzene rings is 1. The van der Waals surface area contributed by atoms with Crippen molar-refractivity contribution in [3.8, 4) is 0 Å². The maximum Gasteiger partial charge on any atom is 0.319 e. The van der Waals surface area contributed by atoms with Crippen LogP contribution in [0, 0.1) is 0 Å². The second kappa shape index (κ2) is 10.00. The van der Waals surface area contributed by atoms with E-state index in [1.807, 2.05) is 0 Å². The van der Waals surface area contributed by atoms with Crippen LogP contribution in [0.4, 0.5) is 10.5 Å². The number of nitrogens with one attached hydrogen (secondary N) is 2. The van der Waals surface area contributed by atoms with Crippen molar-refractivity contribution in [2.45, 2.75) is 19.3 Å². The van der Waals surface area contributed by atoms with Gasteiger partial charge in [0.25, 0.3) is 0 Å². The van der Waals surface area contributed by atoms with Gasteiger partial charge in [-0.2, -0.15) is 0 Å². The van der Waals surface area contributed by atoms with Crippen molar-refractivity contribution in [2.75, 3.05) is 18.4 Å². The summed E-state index contributed by atoms with van der Waals surface area (Å²) in [7, 11) is 0. The first-order valence-electron chi connectivity index (χ1n) is 5.73. The highest BCUT2D eigenvalue weighted by atomic mass is 35.5. The molecule has 0 aliphatic heterocycles. The van der Waals surface area contributed by atoms with E-state index in [1.165, 1.54) is 0 Å². The number of hydrogen-bond acceptors (Lipinski definition) is 2. The van der Waals surface area contributed by atoms with Crippen molar-refractivity contribution in [1.82, 2.24) is 5.32 Å². The summed E-state index contributed by atoms with van der Waals surface area (Å²) >= 11 is 5.74. The third-order valence-electron chi connectivity index (χ3n) is 2.27. The number of urea groups is 1. The van der Waals surface area contributed by atoms with Crippen molar-refractivity contribution < 1.29 is 4.79 Å². The fourth-order valence-electron chi connectivity index (χ4n) is 1.36. The number of anilines is 1. The summed E-state index contributed by atoms with van der Waals surface area (Å²) in [6, 6.07) is 6.80. The summed E-state index contributed by atoms with van der Waals surface area (Å²) in [5.41, 5.74) is 6.10. The van der Waals surface area contributed by atoms with Gasteiger partial charge in [-0.3, -0.25) is 0 Å². The molecule has 0 radical (unpaired) electrons. The van der Waals surface area contributed by atoms with E-state index >= 15 is 0 Å². The van der Waals surface area contributed by atoms with E-state index in [1.54, 1.807) is 24.3 Å². The minimum absolute atomic E-state index is 0. The molecule has 0 aliphatic rings. The van der Waals surface area contributed by atoms with Crippen LogP contribution in [-0.2, 0) is 0 Å². The van der Waals surface area contributed by atoms with Crippen LogP contribution in [0.3, 0.4) is 0 Å². The van der Waals surface area contributed by atoms with Crippen molar-refractivity contribution in [1.29, 1.82) is 0 Å². The van der Waals surface area contributed by atoms with Crippen LogP contribution < -0.4 is 16.4 Å². The van der Waals surface area contributed by atoms with Gasteiger partial charge in [0.15, 0.2) is 0 Å². The molecule has 18 heavy (non-hydrogen) atoms. The van der Waals surface area contributed by atoms with Gasteiger partial charge in [0.2, 0.25) is 0 Å². The number of halogens is 2. The Hall–Kier alpha value is -0.970. The van der Waals surface area contributed by atoms with Crippen LogP contribution >= 0.6 is 24.0 Å². The average molecular weight is 292 g/mol. The monoisotopic (exact) mass is 291 g/mol. The van der Waals surface area contributed by atoms with Gasteiger partial charge in [0.05, 0.1) is 0 Å². The number of carbonyl (C=O) groups is 1. The molecule has 0 unspecified atom stereocenters. The largest absolute Gasteiger partial charge is 0.338 e. The molecule has 2 amide bonds. The second-order valence-corrected chi connectivity index (χ2v) is 4.17. The standard InChI is InChI=1S/C12H18ClN3O.ClH/c13-10-4-6-11(7-5-10)16-12(17)15-9-3-1-2-8-14;/h4-7H,1-3,8-9,14H2,(H2,15,16,17);1H. The lowest BCUT2D eigenvalue weighted by Crippen LogP contribution is -2.29. The van der Waals surface area contributed by atoms with E-state index in [-0.39, 0.29) is 18.4 Å². The van der Waals surface area contributed by atoms with Gasteiger partial charge in [-0.05, 0) is 43.7 Å². The fourth-order valence-corrected chi connectivity index (χ4v) is 1.48. The lowest BCUT2D eigenvalue weighted by Gasteiger charge is -2.07. The van der Waals surface area contributed by atoms with E-state index in [2.05, 4.69) is 10.6 Å². The Kier molecular flexibility index (Phi) is 9.46. The zero-order valence-electron chi connectivity index (χ0n) is 10.1. The molecule has 0 heterocycles. The summed E-state index contributed by atoms with van der Waals surface area (Å²) in [6.07, 6.45) is 2.99. The SMILES string of the molecule is Cl.NCCCCCNC(=O)Nc1ccc(Cl)cc1. The number of rotatable bonds is 6. The Morgan fingerprint density at radius 2 is 1.83 bits per heavy atom. The molecule has 0 saturated carbocycles. The number of amides is 2. The molecule has 0 spiro atoms. The predicted octanol–water partition coefficient (Wildman–Crippen LogP) is 3.01. The summed E-state index contributed by atoms with van der Waals surface area (Å²) in [6.45, 7) is 1.37. The number of unbranched alkanes of at least 4 members (excludes halogenated alkanes) is 2. The summed E-state index contributed by atoms with van der Waals surface area (Å²) in [5, 5.41) is 6.16. The van der Waals surface area contributed by atoms with E-state index in [4.69, 9.17) is 17.3 Å². The normalized spacial score (nSPS) is 9.44. The Balaban J connectivity index is 0.00000289. The molecule has 0 aromatic heterocycles. The highest BCUT2D eigenvalue weighted by Crippen LogP contribution is 2.12. The Bertz CT molecular complexity index is 344. The van der Waals surface area contributed by atoms with Crippen LogP contribution in [0.5, 0.6) is 0 Å². The van der Waals surface area contributed by atoms with E-state index in [0.29, 0.717) is 18.1 Å². The molecule has 1 aromatic carbocycles. The second-order valence-electron chi connectivity index (χ2n) is 3.74. The molecule has 4 nitrogen and oxygen atoms in total. The highest BCUT2D eigenvalue weighted by molar-refractivity contribution is 6.30. The van der Waals surface area contributed by atoms with Crippen molar-refractivity contribution in [3.63, 3.8) is 0 Å². The third-order valence-corrected chi connectivity index (χ3v) is 2.52. The third kappa shape index (κ3) is 7.37. The van der Waals surface area contributed by atoms with Crippen LogP contribution in [0.15, 0.2) is 24.3 Å². The smallest absolute Gasteiger partial charge is 0.319 e. The lowest BCUT2D eigenvalue weighted by atomic mass is 10.2. The summed E-state index contributed by atoms with van der Waals surface area (Å²) < 4.78 is 0. The van der Waals surface area contributed by atoms with Crippen LogP contribution in [-0.4, -0.2) is 19.1 Å². The van der Waals surface area contributed by atoms with Gasteiger partial charge < -0.3 is 16.4 Å². The first kappa shape index (κ1) is 17.0. The molecule has 1 rings (SSSR count). The molecule has 102 valence electrons. The van der Waals surface area contributed by atoms with Crippen LogP contribution in [0.1, 0.15) is 19.3 Å². The van der Waals surface area contributed by atoms with Gasteiger partial charge >= 0.3 is 6.03 Å². The maximum atomic E-state index is 11.5. The average Bonchev–Trinajstić information content (AvgIpc) is 2.32. The highest BCUT2D eigenvalue weighted by Gasteiger charge is 2.00. The molecular weight excluding hydrogens is 273 g/mol. The van der Waals surface area contributed by atoms with Crippen LogP contribution in [0.2, 0.25) is 5.02 Å². The van der Waals surface area contributed by atoms with Gasteiger partial charge in [0, 0.05) is 17.3 Å². The minimum Gasteiger partial charge on any atom is -0.338 e. The topological polar surface area (TPSA) is 67.1 Å². The molecule has 0 bridgehead atoms. The Labute approximate surface area is 119 Å². The molecule has 0 fully saturated rings. The van der Waals surface area contributed by atoms with E-state index in [0.717, 1.165) is 24.9 Å².